The Hall–Kier alpha value is -0.120. The van der Waals surface area contributed by atoms with Crippen LogP contribution in [0.1, 0.15) is 19.4 Å². The Morgan fingerprint density at radius 2 is 1.87 bits per heavy atom. The Balaban J connectivity index is 3.00. The first-order chi connectivity index (χ1) is 6.91. The molecule has 0 atom stereocenters. The fourth-order valence-corrected chi connectivity index (χ4v) is 4.62. The molecule has 0 aromatic heterocycles. The van der Waals surface area contributed by atoms with Crippen LogP contribution in [0.25, 0.3) is 0 Å². The van der Waals surface area contributed by atoms with Gasteiger partial charge in [-0.3, -0.25) is 0 Å². The molecule has 15 heavy (non-hydrogen) atoms. The van der Waals surface area contributed by atoms with E-state index >= 15 is 0 Å². The first-order valence-corrected chi connectivity index (χ1v) is 7.94. The van der Waals surface area contributed by atoms with Gasteiger partial charge in [0.05, 0.1) is 6.10 Å². The van der Waals surface area contributed by atoms with Gasteiger partial charge in [-0.05, 0) is 32.4 Å². The molecule has 0 aliphatic carbocycles. The van der Waals surface area contributed by atoms with Gasteiger partial charge >= 0.3 is 0 Å². The van der Waals surface area contributed by atoms with Crippen molar-refractivity contribution in [2.45, 2.75) is 31.8 Å². The summed E-state index contributed by atoms with van der Waals surface area (Å²) >= 11 is 0. The number of hydrogen-bond donors (Lipinski definition) is 3. The molecule has 1 aromatic carbocycles. The van der Waals surface area contributed by atoms with Crippen molar-refractivity contribution in [3.8, 4) is 0 Å². The van der Waals surface area contributed by atoms with E-state index in [1.165, 1.54) is 0 Å². The summed E-state index contributed by atoms with van der Waals surface area (Å²) in [5, 5.41) is 0. The van der Waals surface area contributed by atoms with Crippen LogP contribution >= 0.6 is 6.72 Å². The monoisotopic (exact) mass is 248 g/mol. The second kappa shape index (κ2) is 5.28. The Kier molecular flexibility index (Phi) is 4.56. The highest BCUT2D eigenvalue weighted by Gasteiger charge is 2.12. The molecule has 2 N–H and O–H groups in total. The average Bonchev–Trinajstić information content (AvgIpc) is 2.06. The number of benzene rings is 1. The summed E-state index contributed by atoms with van der Waals surface area (Å²) < 4.78 is 5.11. The van der Waals surface area contributed by atoms with Crippen molar-refractivity contribution in [1.82, 2.24) is 0 Å². The minimum Gasteiger partial charge on any atom is -0.328 e. The predicted octanol–water partition coefficient (Wildman–Crippen LogP) is 2.26. The van der Waals surface area contributed by atoms with Crippen molar-refractivity contribution < 1.29 is 14.3 Å². The maximum atomic E-state index is 9.69. The third-order valence-electron chi connectivity index (χ3n) is 1.71. The molecule has 0 aliphatic heterocycles. The lowest BCUT2D eigenvalue weighted by Crippen LogP contribution is -2.00. The summed E-state index contributed by atoms with van der Waals surface area (Å²) in [6, 6.07) is 7.62. The van der Waals surface area contributed by atoms with Gasteiger partial charge < -0.3 is 14.3 Å². The molecule has 3 nitrogen and oxygen atoms in total. The van der Waals surface area contributed by atoms with Crippen LogP contribution in [0.2, 0.25) is 0 Å². The van der Waals surface area contributed by atoms with E-state index in [2.05, 4.69) is 0 Å². The van der Waals surface area contributed by atoms with Crippen molar-refractivity contribution in [2.24, 2.45) is 0 Å². The molecule has 0 unspecified atom stereocenters. The van der Waals surface area contributed by atoms with Crippen molar-refractivity contribution in [2.75, 3.05) is 0 Å². The fourth-order valence-electron chi connectivity index (χ4n) is 1.12. The third-order valence-corrected chi connectivity index (χ3v) is 5.10. The molecule has 0 amide bonds. The standard InChI is InChI=1S/C10H17O3PS/c1-8(2)13-14(11,12)15-10-7-5-4-6-9(10)3/h4-8,11-12,15H,1-3H3. The first-order valence-electron chi connectivity index (χ1n) is 4.72. The van der Waals surface area contributed by atoms with Crippen LogP contribution in [-0.4, -0.2) is 15.9 Å². The van der Waals surface area contributed by atoms with E-state index in [0.29, 0.717) is 10.9 Å². The molecule has 0 spiro atoms. The van der Waals surface area contributed by atoms with Gasteiger partial charge in [-0.15, -0.1) is 0 Å². The van der Waals surface area contributed by atoms with Crippen LogP contribution in [0.5, 0.6) is 0 Å². The van der Waals surface area contributed by atoms with Crippen molar-refractivity contribution >= 4 is 17.7 Å². The summed E-state index contributed by atoms with van der Waals surface area (Å²) in [6.45, 7) is 2.24. The van der Waals surface area contributed by atoms with E-state index in [-0.39, 0.29) is 6.10 Å². The molecular weight excluding hydrogens is 231 g/mol. The molecule has 1 aromatic rings. The summed E-state index contributed by atoms with van der Waals surface area (Å²) in [5.74, 6) is 0. The summed E-state index contributed by atoms with van der Waals surface area (Å²) in [5.41, 5.74) is 1.04. The van der Waals surface area contributed by atoms with Crippen LogP contribution < -0.4 is 0 Å². The summed E-state index contributed by atoms with van der Waals surface area (Å²) in [4.78, 5) is 20.3. The van der Waals surface area contributed by atoms with Crippen LogP contribution in [0, 0.1) is 6.92 Å². The molecule has 0 saturated carbocycles. The Labute approximate surface area is 93.9 Å². The van der Waals surface area contributed by atoms with Gasteiger partial charge in [0.15, 0.2) is 0 Å². The molecule has 1 rings (SSSR count). The number of hydrogen-bond acceptors (Lipinski definition) is 1. The van der Waals surface area contributed by atoms with Crippen molar-refractivity contribution in [3.05, 3.63) is 29.8 Å². The minimum absolute atomic E-state index is 0.176. The topological polar surface area (TPSA) is 49.7 Å². The average molecular weight is 248 g/mol. The van der Waals surface area contributed by atoms with Gasteiger partial charge in [-0.1, -0.05) is 29.1 Å². The van der Waals surface area contributed by atoms with Gasteiger partial charge in [-0.2, -0.15) is 0 Å². The molecule has 0 aliphatic rings. The number of rotatable bonds is 3. The van der Waals surface area contributed by atoms with Gasteiger partial charge in [0.1, 0.15) is 0 Å². The van der Waals surface area contributed by atoms with Gasteiger partial charge in [0.25, 0.3) is 6.72 Å². The highest BCUT2D eigenvalue weighted by atomic mass is 32.5. The Morgan fingerprint density at radius 1 is 1.27 bits per heavy atom. The van der Waals surface area contributed by atoms with E-state index < -0.39 is 6.72 Å². The van der Waals surface area contributed by atoms with E-state index in [1.807, 2.05) is 31.2 Å². The maximum Gasteiger partial charge on any atom is 0.281 e. The lowest BCUT2D eigenvalue weighted by molar-refractivity contribution is 0.198. The highest BCUT2D eigenvalue weighted by molar-refractivity contribution is 8.16. The highest BCUT2D eigenvalue weighted by Crippen LogP contribution is 2.42. The van der Waals surface area contributed by atoms with Crippen LogP contribution in [-0.2, 0) is 15.5 Å². The van der Waals surface area contributed by atoms with Gasteiger partial charge in [-0.25, -0.2) is 0 Å². The second-order valence-corrected chi connectivity index (χ2v) is 7.64. The predicted molar refractivity (Wildman–Crippen MR) is 65.8 cm³/mol. The summed E-state index contributed by atoms with van der Waals surface area (Å²) in [7, 11) is 0.462. The first kappa shape index (κ1) is 12.9. The normalized spacial score (nSPS) is 12.1. The minimum atomic E-state index is -3.28. The van der Waals surface area contributed by atoms with Crippen LogP contribution in [0.3, 0.4) is 0 Å². The lowest BCUT2D eigenvalue weighted by atomic mass is 10.2. The zero-order valence-corrected chi connectivity index (χ0v) is 10.9. The summed E-state index contributed by atoms with van der Waals surface area (Å²) in [6.07, 6.45) is -0.176. The molecule has 0 heterocycles. The van der Waals surface area contributed by atoms with E-state index in [9.17, 15) is 9.79 Å². The molecule has 86 valence electrons. The molecule has 0 fully saturated rings. The van der Waals surface area contributed by atoms with E-state index in [4.69, 9.17) is 4.52 Å². The molecule has 5 heteroatoms. The number of thiol groups is 1. The van der Waals surface area contributed by atoms with Crippen molar-refractivity contribution in [1.29, 1.82) is 0 Å². The largest absolute Gasteiger partial charge is 0.328 e. The Bertz CT molecular complexity index is 384. The van der Waals surface area contributed by atoms with E-state index in [0.717, 1.165) is 10.5 Å². The third kappa shape index (κ3) is 4.49. The lowest BCUT2D eigenvalue weighted by Gasteiger charge is -2.16. The van der Waals surface area contributed by atoms with Gasteiger partial charge in [0.2, 0.25) is 0 Å². The quantitative estimate of drug-likeness (QED) is 0.568. The van der Waals surface area contributed by atoms with Gasteiger partial charge in [0, 0.05) is 4.90 Å². The zero-order valence-electron chi connectivity index (χ0n) is 9.08. The molecule has 0 radical (unpaired) electrons. The SMILES string of the molecule is Cc1ccccc1[SH]=P(O)(O)OC(C)C. The maximum absolute atomic E-state index is 9.69. The number of aryl methyl sites for hydroxylation is 1. The van der Waals surface area contributed by atoms with Crippen molar-refractivity contribution in [3.63, 3.8) is 0 Å². The zero-order chi connectivity index (χ0) is 11.5. The van der Waals surface area contributed by atoms with Crippen LogP contribution in [0.4, 0.5) is 0 Å². The molecule has 0 saturated heterocycles. The molecule has 0 bridgehead atoms. The fraction of sp³-hybridized carbons (Fsp3) is 0.400. The Morgan fingerprint density at radius 3 is 2.40 bits per heavy atom. The molecular formula is C10H17O3PS. The second-order valence-electron chi connectivity index (χ2n) is 3.55. The van der Waals surface area contributed by atoms with Crippen LogP contribution in [0.15, 0.2) is 29.2 Å². The smallest absolute Gasteiger partial charge is 0.281 e. The van der Waals surface area contributed by atoms with E-state index in [1.54, 1.807) is 13.8 Å².